The molecule has 2 heterocycles. The quantitative estimate of drug-likeness (QED) is 0.226. The summed E-state index contributed by atoms with van der Waals surface area (Å²) in [5, 5.41) is 17.3. The summed E-state index contributed by atoms with van der Waals surface area (Å²) in [7, 11) is -2.50. The number of nitrogens with one attached hydrogen (secondary N) is 2. The number of aromatic nitrogens is 2. The zero-order chi connectivity index (χ0) is 27.6. The van der Waals surface area contributed by atoms with E-state index in [9.17, 15) is 4.57 Å². The van der Waals surface area contributed by atoms with Gasteiger partial charge in [-0.3, -0.25) is 0 Å². The molecular formula is C29H36Cl2N5O2P. The van der Waals surface area contributed by atoms with Gasteiger partial charge in [-0.2, -0.15) is 4.98 Å². The van der Waals surface area contributed by atoms with Crippen LogP contribution in [0.1, 0.15) is 38.5 Å². The number of aliphatic hydroxyl groups is 1. The molecule has 3 N–H and O–H groups in total. The number of rotatable bonds is 9. The van der Waals surface area contributed by atoms with E-state index in [-0.39, 0.29) is 0 Å². The highest BCUT2D eigenvalue weighted by Gasteiger charge is 2.45. The summed E-state index contributed by atoms with van der Waals surface area (Å²) in [5.41, 5.74) is 3.03. The van der Waals surface area contributed by atoms with Crippen LogP contribution in [0.3, 0.4) is 0 Å². The van der Waals surface area contributed by atoms with Crippen molar-refractivity contribution >= 4 is 64.5 Å². The predicted octanol–water partition coefficient (Wildman–Crippen LogP) is 7.29. The number of hydrogen-bond acceptors (Lipinski definition) is 7. The lowest BCUT2D eigenvalue weighted by Crippen LogP contribution is -2.47. The summed E-state index contributed by atoms with van der Waals surface area (Å²) in [5.74, 6) is 1.59. The van der Waals surface area contributed by atoms with E-state index in [1.165, 1.54) is 31.9 Å². The van der Waals surface area contributed by atoms with Gasteiger partial charge in [-0.05, 0) is 93.5 Å². The van der Waals surface area contributed by atoms with Gasteiger partial charge in [-0.1, -0.05) is 35.3 Å². The second kappa shape index (κ2) is 11.7. The van der Waals surface area contributed by atoms with Crippen molar-refractivity contribution in [3.05, 3.63) is 58.7 Å². The second-order valence-corrected chi connectivity index (χ2v) is 15.3. The lowest BCUT2D eigenvalue weighted by molar-refractivity contribution is 0.0203. The van der Waals surface area contributed by atoms with Crippen molar-refractivity contribution in [2.75, 3.05) is 48.6 Å². The highest BCUT2D eigenvalue weighted by Crippen LogP contribution is 2.54. The van der Waals surface area contributed by atoms with Crippen LogP contribution in [0.4, 0.5) is 28.8 Å². The van der Waals surface area contributed by atoms with E-state index in [1.54, 1.807) is 13.3 Å². The lowest BCUT2D eigenvalue weighted by Gasteiger charge is -2.53. The van der Waals surface area contributed by atoms with Crippen LogP contribution in [-0.4, -0.2) is 48.1 Å². The van der Waals surface area contributed by atoms with Gasteiger partial charge in [0.1, 0.15) is 12.2 Å². The van der Waals surface area contributed by atoms with Gasteiger partial charge in [-0.15, -0.1) is 0 Å². The molecule has 0 bridgehead atoms. The highest BCUT2D eigenvalue weighted by atomic mass is 35.5. The minimum atomic E-state index is -2.50. The predicted molar refractivity (Wildman–Crippen MR) is 164 cm³/mol. The third-order valence-electron chi connectivity index (χ3n) is 8.06. The van der Waals surface area contributed by atoms with Gasteiger partial charge in [0.05, 0.1) is 22.6 Å². The Kier molecular flexibility index (Phi) is 8.44. The lowest BCUT2D eigenvalue weighted by atomic mass is 9.56. The molecule has 0 unspecified atom stereocenters. The summed E-state index contributed by atoms with van der Waals surface area (Å²) in [4.78, 5) is 11.3. The van der Waals surface area contributed by atoms with Crippen molar-refractivity contribution in [2.45, 2.75) is 38.5 Å². The molecule has 0 amide bonds. The second-order valence-electron chi connectivity index (χ2n) is 11.3. The molecule has 2 aliphatic rings. The minimum absolute atomic E-state index is 0.305. The van der Waals surface area contributed by atoms with E-state index in [0.29, 0.717) is 39.5 Å². The van der Waals surface area contributed by atoms with Gasteiger partial charge in [0.15, 0.2) is 5.82 Å². The smallest absolute Gasteiger partial charge is 0.229 e. The maximum atomic E-state index is 12.7. The number of aliphatic hydroxyl groups excluding tert-OH is 1. The summed E-state index contributed by atoms with van der Waals surface area (Å²) in [6.45, 7) is 5.80. The first kappa shape index (κ1) is 28.2. The molecule has 2 fully saturated rings. The number of halogens is 2. The summed E-state index contributed by atoms with van der Waals surface area (Å²) in [6, 6.07) is 13.4. The fourth-order valence-electron chi connectivity index (χ4n) is 6.04. The number of para-hydroxylation sites is 1. The van der Waals surface area contributed by atoms with E-state index in [1.807, 2.05) is 36.4 Å². The third kappa shape index (κ3) is 6.54. The Balaban J connectivity index is 1.23. The first-order valence-corrected chi connectivity index (χ1v) is 16.9. The van der Waals surface area contributed by atoms with Crippen molar-refractivity contribution in [1.29, 1.82) is 0 Å². The molecule has 3 aromatic rings. The van der Waals surface area contributed by atoms with Crippen LogP contribution in [0.15, 0.2) is 48.7 Å². The Morgan fingerprint density at radius 3 is 2.51 bits per heavy atom. The van der Waals surface area contributed by atoms with E-state index in [0.717, 1.165) is 48.5 Å². The van der Waals surface area contributed by atoms with E-state index in [4.69, 9.17) is 28.3 Å². The molecular weight excluding hydrogens is 552 g/mol. The van der Waals surface area contributed by atoms with Gasteiger partial charge in [0, 0.05) is 30.7 Å². The van der Waals surface area contributed by atoms with Crippen molar-refractivity contribution in [3.8, 4) is 0 Å². The number of anilines is 5. The Labute approximate surface area is 240 Å². The zero-order valence-corrected chi connectivity index (χ0v) is 24.9. The SMILES string of the molecule is CP(C)(=O)c1ccccc1Nc1nc(Nc2ccc(N3CCC4(CC3)CC(CCCO)C4)c(Cl)c2)ncc1Cl. The Bertz CT molecular complexity index is 1370. The van der Waals surface area contributed by atoms with Gasteiger partial charge < -0.3 is 25.2 Å². The maximum Gasteiger partial charge on any atom is 0.229 e. The Morgan fingerprint density at radius 2 is 1.82 bits per heavy atom. The molecule has 1 saturated heterocycles. The molecule has 5 rings (SSSR count). The molecule has 0 radical (unpaired) electrons. The van der Waals surface area contributed by atoms with Crippen LogP contribution >= 0.6 is 30.3 Å². The van der Waals surface area contributed by atoms with Crippen LogP contribution < -0.4 is 20.8 Å². The maximum absolute atomic E-state index is 12.7. The van der Waals surface area contributed by atoms with Crippen LogP contribution in [0.2, 0.25) is 10.0 Å². The van der Waals surface area contributed by atoms with Crippen LogP contribution in [-0.2, 0) is 4.57 Å². The number of piperidine rings is 1. The van der Waals surface area contributed by atoms with Gasteiger partial charge in [0.25, 0.3) is 0 Å². The van der Waals surface area contributed by atoms with Crippen molar-refractivity contribution in [2.24, 2.45) is 11.3 Å². The molecule has 7 nitrogen and oxygen atoms in total. The number of hydrogen-bond donors (Lipinski definition) is 3. The molecule has 2 aromatic carbocycles. The van der Waals surface area contributed by atoms with Gasteiger partial charge in [-0.25, -0.2) is 4.98 Å². The molecule has 1 aliphatic heterocycles. The first-order chi connectivity index (χ1) is 18.7. The Morgan fingerprint density at radius 1 is 1.08 bits per heavy atom. The summed E-state index contributed by atoms with van der Waals surface area (Å²) in [6.07, 6.45) is 8.62. The number of benzene rings is 2. The first-order valence-electron chi connectivity index (χ1n) is 13.5. The van der Waals surface area contributed by atoms with E-state index >= 15 is 0 Å². The standard InChI is InChI=1S/C29H36Cl2N5O2P/c1-39(2,38)26-8-4-3-7-24(26)34-27-23(31)19-32-28(35-27)33-21-9-10-25(22(30)16-21)36-13-11-29(12-14-36)17-20(18-29)6-5-15-37/h3-4,7-10,16,19-20,37H,5-6,11-15,17-18H2,1-2H3,(H2,32,33,34,35). The number of nitrogens with zero attached hydrogens (tertiary/aromatic N) is 3. The van der Waals surface area contributed by atoms with Crippen molar-refractivity contribution in [3.63, 3.8) is 0 Å². The summed E-state index contributed by atoms with van der Waals surface area (Å²) < 4.78 is 12.7. The van der Waals surface area contributed by atoms with Crippen LogP contribution in [0.25, 0.3) is 0 Å². The molecule has 39 heavy (non-hydrogen) atoms. The third-order valence-corrected chi connectivity index (χ3v) is 10.2. The molecule has 1 spiro atoms. The highest BCUT2D eigenvalue weighted by molar-refractivity contribution is 7.70. The molecule has 1 aromatic heterocycles. The zero-order valence-electron chi connectivity index (χ0n) is 22.5. The van der Waals surface area contributed by atoms with Crippen LogP contribution in [0, 0.1) is 11.3 Å². The largest absolute Gasteiger partial charge is 0.396 e. The minimum Gasteiger partial charge on any atom is -0.396 e. The normalized spacial score (nSPS) is 17.2. The Hall–Kier alpha value is -2.31. The van der Waals surface area contributed by atoms with Crippen LogP contribution in [0.5, 0.6) is 0 Å². The van der Waals surface area contributed by atoms with E-state index < -0.39 is 7.14 Å². The molecule has 10 heteroatoms. The summed E-state index contributed by atoms with van der Waals surface area (Å²) >= 11 is 13.1. The fraction of sp³-hybridized carbons (Fsp3) is 0.448. The van der Waals surface area contributed by atoms with Crippen molar-refractivity contribution < 1.29 is 9.67 Å². The monoisotopic (exact) mass is 587 g/mol. The average molecular weight is 589 g/mol. The average Bonchev–Trinajstić information content (AvgIpc) is 2.88. The molecule has 1 saturated carbocycles. The fourth-order valence-corrected chi connectivity index (χ4v) is 7.63. The molecule has 1 aliphatic carbocycles. The van der Waals surface area contributed by atoms with Gasteiger partial charge in [0.2, 0.25) is 5.95 Å². The topological polar surface area (TPSA) is 90.4 Å². The van der Waals surface area contributed by atoms with Gasteiger partial charge >= 0.3 is 0 Å². The molecule has 208 valence electrons. The van der Waals surface area contributed by atoms with Crippen molar-refractivity contribution in [1.82, 2.24) is 9.97 Å². The molecule has 0 atom stereocenters. The van der Waals surface area contributed by atoms with E-state index in [2.05, 4.69) is 31.6 Å².